The number of hydrogen-bond donors (Lipinski definition) is 1. The second-order valence-electron chi connectivity index (χ2n) is 9.23. The Kier molecular flexibility index (Phi) is 7.08. The molecule has 192 valence electrons. The molecule has 2 aromatic carbocycles. The van der Waals surface area contributed by atoms with E-state index in [9.17, 15) is 13.2 Å². The molecule has 3 atom stereocenters. The monoisotopic (exact) mass is 554 g/mol. The first kappa shape index (κ1) is 25.8. The Bertz CT molecular complexity index is 1600. The fraction of sp³-hybridized carbons (Fsp3) is 0.259. The van der Waals surface area contributed by atoms with E-state index in [0.29, 0.717) is 28.7 Å². The van der Waals surface area contributed by atoms with E-state index < -0.39 is 27.4 Å². The lowest BCUT2D eigenvalue weighted by Gasteiger charge is -2.44. The third-order valence-electron chi connectivity index (χ3n) is 6.99. The summed E-state index contributed by atoms with van der Waals surface area (Å²) >= 11 is 7.52. The van der Waals surface area contributed by atoms with Crippen molar-refractivity contribution < 1.29 is 13.2 Å². The minimum Gasteiger partial charge on any atom is -0.398 e. The molecule has 0 amide bonds. The summed E-state index contributed by atoms with van der Waals surface area (Å²) in [6, 6.07) is 13.9. The number of pyridine rings is 1. The molecule has 2 aromatic heterocycles. The van der Waals surface area contributed by atoms with Gasteiger partial charge >= 0.3 is 0 Å². The number of nitrogens with zero attached hydrogens (tertiary/aromatic N) is 3. The van der Waals surface area contributed by atoms with E-state index in [1.54, 1.807) is 25.3 Å². The van der Waals surface area contributed by atoms with Gasteiger partial charge in [-0.15, -0.1) is 17.9 Å². The summed E-state index contributed by atoms with van der Waals surface area (Å²) in [7, 11) is -3.82. The Morgan fingerprint density at radius 1 is 1.22 bits per heavy atom. The molecule has 1 aliphatic rings. The van der Waals surface area contributed by atoms with Gasteiger partial charge in [0.2, 0.25) is 10.0 Å². The standard InChI is InChI=1S/C27H27ClN4O3S2/c1-3-27(26-13-19-5-6-20(28)14-25(19)36-26)37(34,35)32-11-10-31(24(16-33)17(32)2)15-18-4-7-21-22(29)8-9-30-23(21)12-18/h3-9,12-14,16-17,24,27H,1,10-11,15H2,2H3,(H2,29,30). The minimum atomic E-state index is -3.82. The summed E-state index contributed by atoms with van der Waals surface area (Å²) in [5.41, 5.74) is 8.47. The van der Waals surface area contributed by atoms with Crippen molar-refractivity contribution in [3.8, 4) is 0 Å². The van der Waals surface area contributed by atoms with E-state index >= 15 is 0 Å². The van der Waals surface area contributed by atoms with Crippen LogP contribution in [-0.4, -0.2) is 54.1 Å². The van der Waals surface area contributed by atoms with Gasteiger partial charge in [-0.25, -0.2) is 8.42 Å². The van der Waals surface area contributed by atoms with E-state index in [1.165, 1.54) is 21.7 Å². The number of nitrogen functional groups attached to an aromatic ring is 1. The zero-order chi connectivity index (χ0) is 26.3. The Hall–Kier alpha value is -2.82. The summed E-state index contributed by atoms with van der Waals surface area (Å²) in [4.78, 5) is 19.3. The first-order chi connectivity index (χ1) is 17.7. The molecule has 10 heteroatoms. The lowest BCUT2D eigenvalue weighted by Crippen LogP contribution is -2.60. The fourth-order valence-electron chi connectivity index (χ4n) is 5.04. The molecule has 1 fully saturated rings. The normalized spacial score (nSPS) is 20.3. The quantitative estimate of drug-likeness (QED) is 0.255. The maximum absolute atomic E-state index is 13.9. The molecule has 3 unspecified atom stereocenters. The number of benzene rings is 2. The first-order valence-electron chi connectivity index (χ1n) is 11.9. The number of halogens is 1. The molecule has 2 N–H and O–H groups in total. The van der Waals surface area contributed by atoms with Gasteiger partial charge in [-0.05, 0) is 48.2 Å². The maximum atomic E-state index is 13.9. The average Bonchev–Trinajstić information content (AvgIpc) is 3.27. The Balaban J connectivity index is 1.39. The number of carbonyl (C=O) groups is 1. The molecule has 0 aliphatic carbocycles. The third-order valence-corrected chi connectivity index (χ3v) is 10.8. The largest absolute Gasteiger partial charge is 0.398 e. The van der Waals surface area contributed by atoms with Crippen molar-refractivity contribution in [1.82, 2.24) is 14.2 Å². The van der Waals surface area contributed by atoms with Crippen molar-refractivity contribution in [1.29, 1.82) is 0 Å². The number of anilines is 1. The van der Waals surface area contributed by atoms with Gasteiger partial charge in [0.05, 0.1) is 11.6 Å². The number of thiophene rings is 1. The van der Waals surface area contributed by atoms with Gasteiger partial charge in [0.1, 0.15) is 11.5 Å². The number of aromatic nitrogens is 1. The number of hydrogen-bond acceptors (Lipinski definition) is 7. The lowest BCUT2D eigenvalue weighted by molar-refractivity contribution is -0.115. The molecule has 0 spiro atoms. The number of nitrogens with two attached hydrogens (primary N) is 1. The molecule has 0 radical (unpaired) electrons. The van der Waals surface area contributed by atoms with Crippen molar-refractivity contribution in [2.45, 2.75) is 30.8 Å². The van der Waals surface area contributed by atoms with Gasteiger partial charge in [0, 0.05) is 57.5 Å². The zero-order valence-electron chi connectivity index (χ0n) is 20.2. The predicted octanol–water partition coefficient (Wildman–Crippen LogP) is 5.02. The van der Waals surface area contributed by atoms with Crippen molar-refractivity contribution in [3.05, 3.63) is 82.8 Å². The van der Waals surface area contributed by atoms with Gasteiger partial charge in [-0.2, -0.15) is 4.31 Å². The Morgan fingerprint density at radius 3 is 2.78 bits per heavy atom. The van der Waals surface area contributed by atoms with E-state index in [1.807, 2.05) is 41.3 Å². The molecule has 4 aromatic rings. The Labute approximate surface area is 225 Å². The van der Waals surface area contributed by atoms with Crippen LogP contribution in [0.3, 0.4) is 0 Å². The molecule has 7 nitrogen and oxygen atoms in total. The van der Waals surface area contributed by atoms with Crippen LogP contribution in [-0.2, 0) is 21.4 Å². The van der Waals surface area contributed by atoms with E-state index in [0.717, 1.165) is 32.8 Å². The van der Waals surface area contributed by atoms with Crippen LogP contribution in [0.2, 0.25) is 5.02 Å². The van der Waals surface area contributed by atoms with E-state index in [4.69, 9.17) is 17.3 Å². The third kappa shape index (κ3) is 4.78. The zero-order valence-corrected chi connectivity index (χ0v) is 22.6. The van der Waals surface area contributed by atoms with Crippen molar-refractivity contribution >= 4 is 65.9 Å². The number of piperazine rings is 1. The molecular formula is C27H27ClN4O3S2. The smallest absolute Gasteiger partial charge is 0.225 e. The van der Waals surface area contributed by atoms with Gasteiger partial charge in [0.25, 0.3) is 0 Å². The summed E-state index contributed by atoms with van der Waals surface area (Å²) in [6.45, 7) is 6.81. The van der Waals surface area contributed by atoms with Crippen molar-refractivity contribution in [3.63, 3.8) is 0 Å². The van der Waals surface area contributed by atoms with E-state index in [-0.39, 0.29) is 6.54 Å². The second kappa shape index (κ2) is 10.2. The maximum Gasteiger partial charge on any atom is 0.225 e. The van der Waals surface area contributed by atoms with Crippen LogP contribution in [0.5, 0.6) is 0 Å². The summed E-state index contributed by atoms with van der Waals surface area (Å²) in [5.74, 6) is 0. The summed E-state index contributed by atoms with van der Waals surface area (Å²) < 4.78 is 30.1. The first-order valence-corrected chi connectivity index (χ1v) is 14.6. The molecule has 5 rings (SSSR count). The molecule has 0 bridgehead atoms. The summed E-state index contributed by atoms with van der Waals surface area (Å²) in [5, 5.41) is 1.49. The van der Waals surface area contributed by atoms with Gasteiger partial charge in [0.15, 0.2) is 0 Å². The second-order valence-corrected chi connectivity index (χ2v) is 12.8. The fourth-order valence-corrected chi connectivity index (χ4v) is 8.69. The van der Waals surface area contributed by atoms with Crippen LogP contribution in [0.4, 0.5) is 5.69 Å². The molecule has 0 saturated carbocycles. The van der Waals surface area contributed by atoms with Crippen LogP contribution in [0.1, 0.15) is 22.6 Å². The van der Waals surface area contributed by atoms with Crippen LogP contribution < -0.4 is 5.73 Å². The van der Waals surface area contributed by atoms with Crippen LogP contribution in [0.15, 0.2) is 67.4 Å². The molecule has 37 heavy (non-hydrogen) atoms. The highest BCUT2D eigenvalue weighted by atomic mass is 35.5. The Morgan fingerprint density at radius 2 is 2.03 bits per heavy atom. The number of carbonyl (C=O) groups excluding carboxylic acids is 1. The predicted molar refractivity (Wildman–Crippen MR) is 151 cm³/mol. The van der Waals surface area contributed by atoms with Gasteiger partial charge < -0.3 is 10.5 Å². The molecular weight excluding hydrogens is 528 g/mol. The topological polar surface area (TPSA) is 96.6 Å². The molecule has 1 aliphatic heterocycles. The number of aldehydes is 1. The average molecular weight is 555 g/mol. The highest BCUT2D eigenvalue weighted by Crippen LogP contribution is 2.38. The van der Waals surface area contributed by atoms with Crippen LogP contribution in [0.25, 0.3) is 21.0 Å². The molecule has 3 heterocycles. The SMILES string of the molecule is C=CC(c1cc2ccc(Cl)cc2s1)S(=O)(=O)N1CCN(Cc2ccc3c(N)ccnc3c2)C(C=O)C1C. The molecule has 1 saturated heterocycles. The number of sulfonamides is 1. The van der Waals surface area contributed by atoms with Crippen molar-refractivity contribution in [2.24, 2.45) is 0 Å². The number of fused-ring (bicyclic) bond motifs is 2. The van der Waals surface area contributed by atoms with Crippen LogP contribution in [0, 0.1) is 0 Å². The van der Waals surface area contributed by atoms with Crippen LogP contribution >= 0.6 is 22.9 Å². The number of rotatable bonds is 7. The van der Waals surface area contributed by atoms with Gasteiger partial charge in [-0.3, -0.25) is 9.88 Å². The minimum absolute atomic E-state index is 0.272. The highest BCUT2D eigenvalue weighted by molar-refractivity contribution is 7.89. The highest BCUT2D eigenvalue weighted by Gasteiger charge is 2.42. The van der Waals surface area contributed by atoms with Gasteiger partial charge in [-0.1, -0.05) is 35.9 Å². The lowest BCUT2D eigenvalue weighted by atomic mass is 10.0. The van der Waals surface area contributed by atoms with E-state index in [2.05, 4.69) is 11.6 Å². The van der Waals surface area contributed by atoms with Crippen molar-refractivity contribution in [2.75, 3.05) is 18.8 Å². The summed E-state index contributed by atoms with van der Waals surface area (Å²) in [6.07, 6.45) is 3.97.